The number of para-hydroxylation sites is 2. The van der Waals surface area contributed by atoms with E-state index in [9.17, 15) is 19.6 Å². The summed E-state index contributed by atoms with van der Waals surface area (Å²) < 4.78 is 7.06. The third kappa shape index (κ3) is 5.95. The van der Waals surface area contributed by atoms with Gasteiger partial charge in [0.15, 0.2) is 0 Å². The molecule has 0 atom stereocenters. The molecule has 0 radical (unpaired) electrons. The predicted octanol–water partition coefficient (Wildman–Crippen LogP) is 5.07. The molecule has 0 saturated carbocycles. The van der Waals surface area contributed by atoms with Gasteiger partial charge in [-0.05, 0) is 38.1 Å². The number of nitriles is 1. The lowest BCUT2D eigenvalue weighted by atomic mass is 10.0. The molecule has 3 aromatic carbocycles. The Morgan fingerprint density at radius 3 is 2.21 bits per heavy atom. The Labute approximate surface area is 252 Å². The highest BCUT2D eigenvalue weighted by molar-refractivity contribution is 8.04. The average Bonchev–Trinajstić information content (AvgIpc) is 3.63. The molecule has 1 fully saturated rings. The number of anilines is 1. The highest BCUT2D eigenvalue weighted by atomic mass is 32.2. The minimum absolute atomic E-state index is 0.0903. The van der Waals surface area contributed by atoms with E-state index >= 15 is 0 Å². The fraction of sp³-hybridized carbons (Fsp3) is 0.125. The van der Waals surface area contributed by atoms with Crippen LogP contribution in [0.2, 0.25) is 0 Å². The average molecular weight is 591 g/mol. The number of esters is 1. The lowest BCUT2D eigenvalue weighted by molar-refractivity contribution is -0.117. The van der Waals surface area contributed by atoms with Crippen LogP contribution in [0.4, 0.5) is 5.69 Å². The number of carbonyl (C=O) groups excluding carboxylic acids is 3. The number of hydrogen-bond donors (Lipinski definition) is 1. The van der Waals surface area contributed by atoms with Gasteiger partial charge in [0.2, 0.25) is 5.91 Å². The fourth-order valence-corrected chi connectivity index (χ4v) is 5.53. The van der Waals surface area contributed by atoms with Crippen LogP contribution in [0.3, 0.4) is 0 Å². The zero-order chi connectivity index (χ0) is 30.3. The van der Waals surface area contributed by atoms with Gasteiger partial charge in [-0.1, -0.05) is 78.5 Å². The SMILES string of the molecule is CCOC(=O)c1c(/C(C)=N/NC(=O)/C(C#N)=C2/SCC(=O)N2c2ccccc2)nn(-c2ccccc2)c1-c1ccccc1. The molecular formula is C32H26N6O4S. The van der Waals surface area contributed by atoms with E-state index in [1.165, 1.54) is 4.90 Å². The number of benzene rings is 3. The maximum Gasteiger partial charge on any atom is 0.342 e. The predicted molar refractivity (Wildman–Crippen MR) is 164 cm³/mol. The van der Waals surface area contributed by atoms with Gasteiger partial charge in [0.05, 0.1) is 29.5 Å². The van der Waals surface area contributed by atoms with Crippen LogP contribution in [-0.2, 0) is 14.3 Å². The summed E-state index contributed by atoms with van der Waals surface area (Å²) in [7, 11) is 0. The summed E-state index contributed by atoms with van der Waals surface area (Å²) in [6.45, 7) is 3.45. The smallest absolute Gasteiger partial charge is 0.342 e. The number of ether oxygens (including phenoxy) is 1. The maximum absolute atomic E-state index is 13.4. The highest BCUT2D eigenvalue weighted by Crippen LogP contribution is 2.36. The Hall–Kier alpha value is -5.47. The number of aromatic nitrogens is 2. The molecule has 1 saturated heterocycles. The molecule has 1 aliphatic rings. The van der Waals surface area contributed by atoms with E-state index in [2.05, 4.69) is 10.5 Å². The van der Waals surface area contributed by atoms with Crippen LogP contribution in [0.5, 0.6) is 0 Å². The number of carbonyl (C=O) groups is 3. The summed E-state index contributed by atoms with van der Waals surface area (Å²) in [4.78, 5) is 40.6. The summed E-state index contributed by atoms with van der Waals surface area (Å²) >= 11 is 1.10. The van der Waals surface area contributed by atoms with Gasteiger partial charge in [0, 0.05) is 11.3 Å². The first-order chi connectivity index (χ1) is 20.9. The van der Waals surface area contributed by atoms with E-state index in [0.717, 1.165) is 17.3 Å². The largest absolute Gasteiger partial charge is 0.462 e. The lowest BCUT2D eigenvalue weighted by Gasteiger charge is -2.17. The van der Waals surface area contributed by atoms with Crippen molar-refractivity contribution >= 4 is 40.9 Å². The molecule has 0 spiro atoms. The van der Waals surface area contributed by atoms with Gasteiger partial charge in [0.25, 0.3) is 5.91 Å². The molecule has 4 aromatic rings. The van der Waals surface area contributed by atoms with Crippen LogP contribution in [0.15, 0.2) is 107 Å². The molecule has 2 heterocycles. The fourth-order valence-electron chi connectivity index (χ4n) is 4.52. The molecule has 0 bridgehead atoms. The standard InChI is InChI=1S/C32H26N6O4S/c1-3-42-32(41)27-28(36-38(24-17-11-6-12-18-24)29(27)22-13-7-4-8-14-22)21(2)34-35-30(40)25(19-33)31-37(26(39)20-43-31)23-15-9-5-10-16-23/h4-18H,3,20H2,1-2H3,(H,35,40)/b31-25+,34-21+. The normalized spacial score (nSPS) is 14.3. The summed E-state index contributed by atoms with van der Waals surface area (Å²) in [5.41, 5.74) is 5.22. The second kappa shape index (κ2) is 13.0. The van der Waals surface area contributed by atoms with E-state index < -0.39 is 11.9 Å². The topological polar surface area (TPSA) is 130 Å². The molecule has 11 heteroatoms. The highest BCUT2D eigenvalue weighted by Gasteiger charge is 2.33. The summed E-state index contributed by atoms with van der Waals surface area (Å²) in [5, 5.41) is 19.1. The summed E-state index contributed by atoms with van der Waals surface area (Å²) in [5.74, 6) is -1.56. The van der Waals surface area contributed by atoms with Crippen molar-refractivity contribution in [3.63, 3.8) is 0 Å². The molecule has 5 rings (SSSR count). The van der Waals surface area contributed by atoms with Crippen LogP contribution in [0.25, 0.3) is 16.9 Å². The lowest BCUT2D eigenvalue weighted by Crippen LogP contribution is -2.28. The van der Waals surface area contributed by atoms with Crippen molar-refractivity contribution in [2.24, 2.45) is 5.10 Å². The molecule has 214 valence electrons. The third-order valence-corrected chi connectivity index (χ3v) is 7.48. The Balaban J connectivity index is 1.57. The minimum atomic E-state index is -0.802. The first-order valence-corrected chi connectivity index (χ1v) is 14.3. The molecule has 43 heavy (non-hydrogen) atoms. The van der Waals surface area contributed by atoms with Crippen molar-refractivity contribution < 1.29 is 19.1 Å². The van der Waals surface area contributed by atoms with Crippen molar-refractivity contribution in [2.45, 2.75) is 13.8 Å². The van der Waals surface area contributed by atoms with Gasteiger partial charge in [0.1, 0.15) is 27.9 Å². The monoisotopic (exact) mass is 590 g/mol. The zero-order valence-corrected chi connectivity index (χ0v) is 24.2. The van der Waals surface area contributed by atoms with Crippen LogP contribution < -0.4 is 10.3 Å². The van der Waals surface area contributed by atoms with Gasteiger partial charge in [-0.15, -0.1) is 0 Å². The number of nitrogens with one attached hydrogen (secondary N) is 1. The number of nitrogens with zero attached hydrogens (tertiary/aromatic N) is 5. The van der Waals surface area contributed by atoms with Crippen molar-refractivity contribution in [2.75, 3.05) is 17.3 Å². The van der Waals surface area contributed by atoms with Crippen molar-refractivity contribution in [3.8, 4) is 23.0 Å². The summed E-state index contributed by atoms with van der Waals surface area (Å²) in [6.07, 6.45) is 0. The first kappa shape index (κ1) is 29.0. The van der Waals surface area contributed by atoms with Crippen molar-refractivity contribution in [1.29, 1.82) is 5.26 Å². The van der Waals surface area contributed by atoms with E-state index in [1.54, 1.807) is 42.8 Å². The Bertz CT molecular complexity index is 1780. The number of hydrazone groups is 1. The van der Waals surface area contributed by atoms with Gasteiger partial charge in [-0.3, -0.25) is 14.5 Å². The van der Waals surface area contributed by atoms with E-state index in [-0.39, 0.29) is 45.8 Å². The molecule has 10 nitrogen and oxygen atoms in total. The van der Waals surface area contributed by atoms with Crippen molar-refractivity contribution in [1.82, 2.24) is 15.2 Å². The molecule has 1 N–H and O–H groups in total. The zero-order valence-electron chi connectivity index (χ0n) is 23.4. The van der Waals surface area contributed by atoms with Gasteiger partial charge in [-0.25, -0.2) is 14.9 Å². The van der Waals surface area contributed by atoms with Gasteiger partial charge < -0.3 is 4.74 Å². The Kier molecular flexibility index (Phi) is 8.79. The molecule has 0 aliphatic carbocycles. The Morgan fingerprint density at radius 2 is 1.60 bits per heavy atom. The van der Waals surface area contributed by atoms with E-state index in [1.807, 2.05) is 72.8 Å². The summed E-state index contributed by atoms with van der Waals surface area (Å²) in [6, 6.07) is 29.3. The van der Waals surface area contributed by atoms with Gasteiger partial charge in [-0.2, -0.15) is 15.5 Å². The number of amides is 2. The molecule has 1 aliphatic heterocycles. The van der Waals surface area contributed by atoms with E-state index in [0.29, 0.717) is 17.1 Å². The molecule has 2 amide bonds. The van der Waals surface area contributed by atoms with Crippen LogP contribution >= 0.6 is 11.8 Å². The number of hydrogen-bond acceptors (Lipinski definition) is 8. The second-order valence-electron chi connectivity index (χ2n) is 9.19. The quantitative estimate of drug-likeness (QED) is 0.0997. The molecule has 0 unspecified atom stereocenters. The van der Waals surface area contributed by atoms with Crippen LogP contribution in [-0.4, -0.2) is 45.6 Å². The van der Waals surface area contributed by atoms with Crippen LogP contribution in [0.1, 0.15) is 29.9 Å². The molecule has 1 aromatic heterocycles. The number of thioether (sulfide) groups is 1. The first-order valence-electron chi connectivity index (χ1n) is 13.4. The van der Waals surface area contributed by atoms with Gasteiger partial charge >= 0.3 is 5.97 Å². The number of rotatable bonds is 8. The minimum Gasteiger partial charge on any atom is -0.462 e. The maximum atomic E-state index is 13.4. The van der Waals surface area contributed by atoms with Crippen molar-refractivity contribution in [3.05, 3.63) is 113 Å². The van der Waals surface area contributed by atoms with E-state index in [4.69, 9.17) is 9.84 Å². The van der Waals surface area contributed by atoms with Crippen LogP contribution in [0, 0.1) is 11.3 Å². The molecular weight excluding hydrogens is 564 g/mol. The third-order valence-electron chi connectivity index (χ3n) is 6.43. The Morgan fingerprint density at radius 1 is 1.00 bits per heavy atom. The second-order valence-corrected chi connectivity index (χ2v) is 10.2.